The molecule has 0 aliphatic carbocycles. The molecular weight excluding hydrogens is 1880 g/mol. The van der Waals surface area contributed by atoms with E-state index in [0.29, 0.717) is 190 Å². The minimum atomic E-state index is -0.945. The average Bonchev–Trinajstić information content (AvgIpc) is 0.894. The van der Waals surface area contributed by atoms with Gasteiger partial charge in [-0.15, -0.1) is 0 Å². The van der Waals surface area contributed by atoms with E-state index in [-0.39, 0.29) is 114 Å². The van der Waals surface area contributed by atoms with Gasteiger partial charge in [-0.2, -0.15) is 0 Å². The Balaban J connectivity index is 0.000000334. The molecule has 8 aromatic rings. The maximum Gasteiger partial charge on any atom is 0.320 e. The third-order valence-electron chi connectivity index (χ3n) is 24.0. The molecule has 0 aromatic carbocycles. The largest absolute Gasteiger partial charge is 0.480 e. The van der Waals surface area contributed by atoms with E-state index in [2.05, 4.69) is 105 Å². The van der Waals surface area contributed by atoms with Crippen LogP contribution in [0.4, 0.5) is 0 Å². The number of Topliss-reactive ketones (excluding diaryl/α,β-unsaturated/α-hetero) is 1. The number of aliphatic carboxylic acids is 2. The number of rotatable bonds is 55. The van der Waals surface area contributed by atoms with Crippen LogP contribution in [-0.4, -0.2) is 425 Å². The second-order valence-corrected chi connectivity index (χ2v) is 34.5. The van der Waals surface area contributed by atoms with Crippen molar-refractivity contribution in [3.05, 3.63) is 241 Å². The van der Waals surface area contributed by atoms with Crippen LogP contribution in [0.3, 0.4) is 0 Å². The molecule has 4 amide bonds. The van der Waals surface area contributed by atoms with E-state index in [9.17, 15) is 48.6 Å². The van der Waals surface area contributed by atoms with Gasteiger partial charge >= 0.3 is 17.9 Å². The fourth-order valence-corrected chi connectivity index (χ4v) is 16.2. The van der Waals surface area contributed by atoms with E-state index >= 15 is 0 Å². The van der Waals surface area contributed by atoms with Crippen molar-refractivity contribution in [1.29, 1.82) is 0 Å². The van der Waals surface area contributed by atoms with Crippen molar-refractivity contribution in [1.82, 2.24) is 120 Å². The summed E-state index contributed by atoms with van der Waals surface area (Å²) in [4.78, 5) is 164. The molecule has 137 heavy (non-hydrogen) atoms. The summed E-state index contributed by atoms with van der Waals surface area (Å²) in [5.74, 6) is -2.44. The molecule has 0 spiro atoms. The monoisotopic (exact) mass is 2030 g/mol. The van der Waals surface area contributed by atoms with E-state index in [1.807, 2.05) is 185 Å². The van der Waals surface area contributed by atoms with Crippen molar-refractivity contribution >= 4 is 47.3 Å². The third-order valence-corrected chi connectivity index (χ3v) is 24.0. The van der Waals surface area contributed by atoms with Crippen molar-refractivity contribution in [3.63, 3.8) is 0 Å². The first-order valence-corrected chi connectivity index (χ1v) is 48.4. The smallest absolute Gasteiger partial charge is 0.320 e. The van der Waals surface area contributed by atoms with Crippen molar-refractivity contribution in [2.24, 2.45) is 0 Å². The fraction of sp³-hybridized carbons (Fsp3) is 0.525. The van der Waals surface area contributed by atoms with E-state index in [1.54, 1.807) is 38.6 Å². The van der Waals surface area contributed by atoms with Crippen LogP contribution in [0, 0.1) is 39.9 Å². The first-order valence-electron chi connectivity index (χ1n) is 48.4. The maximum atomic E-state index is 13.6. The van der Waals surface area contributed by atoms with Gasteiger partial charge in [-0.3, -0.25) is 108 Å². The van der Waals surface area contributed by atoms with Crippen molar-refractivity contribution < 1.29 is 93.2 Å². The number of ether oxygens (including phenoxy) is 1. The Morgan fingerprint density at radius 2 is 0.489 bits per heavy atom. The van der Waals surface area contributed by atoms with Crippen LogP contribution in [0.5, 0.6) is 0 Å². The molecule has 10 rings (SSSR count). The zero-order valence-corrected chi connectivity index (χ0v) is 82.7. The number of ketones is 1. The van der Waals surface area contributed by atoms with Crippen LogP contribution >= 0.6 is 0 Å². The number of carboxylic acids is 2. The average molecular weight is 2030 g/mol. The number of carbonyl (C=O) groups is 8. The normalized spacial score (nSPS) is 14.7. The first kappa shape index (κ1) is 112. The number of nitrogens with zero attached hydrogens (tertiary/aromatic N) is 20. The van der Waals surface area contributed by atoms with Crippen LogP contribution < -0.4 is 21.3 Å². The van der Waals surface area contributed by atoms with Gasteiger partial charge < -0.3 is 65.6 Å². The molecule has 0 atom stereocenters. The summed E-state index contributed by atoms with van der Waals surface area (Å²) in [6.07, 6.45) is 21.4. The van der Waals surface area contributed by atoms with Crippen molar-refractivity contribution in [2.75, 3.05) is 268 Å². The fourth-order valence-electron chi connectivity index (χ4n) is 16.2. The maximum absolute atomic E-state index is 13.6. The molecule has 0 bridgehead atoms. The quantitative estimate of drug-likeness (QED) is 0.0298. The first-order chi connectivity index (χ1) is 66.4. The molecule has 8 aromatic heterocycles. The summed E-state index contributed by atoms with van der Waals surface area (Å²) in [6.45, 7) is 24.3. The standard InChI is InChI=1S/C52H76N12O5.C49H70N12O6.Gd/c1-3-69-52(68)44-64-37-35-61(31-20-50(66)57-25-32-59(27-16-46-12-4-8-21-53-46)28-17-47-13-5-9-22-54-47)34-36-62(42-45(2)65)38-39-63(40-41-64)43-51(67)58-26-33-60(29-18-48-14-6-10-23-55-48)30-19-49-15-7-11-24-56-49;62-46(54-22-29-56(24-13-42-9-1-5-18-50-42)25-14-43-10-2-6-19-51-43)17-28-58-31-33-60(40-48(64)65)37-35-59(36-38-61(34-32-58)41-49(66)67)39-47(63)55-23-30-57(26-15-44-11-3-7-20-52-44)27-16-45-12-4-8-21-53-45;/h4-15,21-24H,3,16-20,25-44H2,1-2H3,(H,57,66)(H,58,67);1-12,18-21H,13-17,22-41H2,(H,54,62)(H,55,63)(H,64,65)(H,66,67);. The molecule has 0 unspecified atom stereocenters. The minimum absolute atomic E-state index is 0. The summed E-state index contributed by atoms with van der Waals surface area (Å²) in [7, 11) is 0. The number of amides is 4. The Bertz CT molecular complexity index is 4430. The molecule has 6 N–H and O–H groups in total. The van der Waals surface area contributed by atoms with Crippen molar-refractivity contribution in [3.8, 4) is 0 Å². The molecule has 2 fully saturated rings. The number of nitrogens with one attached hydrogen (secondary N) is 4. The number of esters is 1. The summed E-state index contributed by atoms with van der Waals surface area (Å²) < 4.78 is 5.36. The van der Waals surface area contributed by atoms with Gasteiger partial charge in [-0.05, 0) is 111 Å². The van der Waals surface area contributed by atoms with Gasteiger partial charge in [0.25, 0.3) is 0 Å². The molecule has 744 valence electrons. The van der Waals surface area contributed by atoms with E-state index in [4.69, 9.17) is 4.74 Å². The molecule has 35 nitrogen and oxygen atoms in total. The van der Waals surface area contributed by atoms with Crippen LogP contribution in [0.1, 0.15) is 72.2 Å². The SMILES string of the molecule is CCOC(=O)CN1CCN(CCC(=O)NCCN(CCc2ccccn2)CCc2ccccn2)CCN(CC(C)=O)CCN(CC(=O)NCCN(CCc2ccccn2)CCc2ccccn2)CC1.O=C(O)CN1CCN(CCC(=O)NCCN(CCc2ccccn2)CCc2ccccn2)CCN(CC(=O)O)CCN(CC(=O)NCCN(CCc2ccccn2)CCc2ccccn2)CC1.[Gd]. The van der Waals surface area contributed by atoms with Gasteiger partial charge in [0, 0.05) is 422 Å². The van der Waals surface area contributed by atoms with Crippen molar-refractivity contribution in [2.45, 2.75) is 78.1 Å². The number of hydrogen-bond acceptors (Lipinski definition) is 29. The van der Waals surface area contributed by atoms with Gasteiger partial charge in [0.1, 0.15) is 5.78 Å². The summed E-state index contributed by atoms with van der Waals surface area (Å²) in [5, 5.41) is 32.1. The number of aromatic nitrogens is 8. The van der Waals surface area contributed by atoms with Crippen LogP contribution in [-0.2, 0) is 94.5 Å². The summed E-state index contributed by atoms with van der Waals surface area (Å²) in [5.41, 5.74) is 8.17. The molecule has 2 aliphatic heterocycles. The molecular formula is C101H146GdN24O11. The minimum Gasteiger partial charge on any atom is -0.480 e. The molecule has 0 radical (unpaired) electrons. The topological polar surface area (TPSA) is 376 Å². The number of carbonyl (C=O) groups excluding carboxylic acids is 6. The Morgan fingerprint density at radius 3 is 0.693 bits per heavy atom. The van der Waals surface area contributed by atoms with Gasteiger partial charge in [-0.1, -0.05) is 48.5 Å². The summed E-state index contributed by atoms with van der Waals surface area (Å²) >= 11 is 0. The summed E-state index contributed by atoms with van der Waals surface area (Å²) in [6, 6.07) is 47.4. The molecule has 2 saturated heterocycles. The third kappa shape index (κ3) is 51.0. The Kier molecular flexibility index (Phi) is 55.8. The van der Waals surface area contributed by atoms with Gasteiger partial charge in [0.15, 0.2) is 0 Å². The van der Waals surface area contributed by atoms with Gasteiger partial charge in [-0.25, -0.2) is 0 Å². The van der Waals surface area contributed by atoms with E-state index in [1.165, 1.54) is 0 Å². The van der Waals surface area contributed by atoms with E-state index in [0.717, 1.165) is 149 Å². The number of pyridine rings is 8. The van der Waals surface area contributed by atoms with Crippen LogP contribution in [0.15, 0.2) is 195 Å². The second kappa shape index (κ2) is 68.1. The second-order valence-electron chi connectivity index (χ2n) is 34.5. The zero-order valence-electron chi connectivity index (χ0n) is 80.4. The Hall–Kier alpha value is -10.00. The predicted molar refractivity (Wildman–Crippen MR) is 525 cm³/mol. The Morgan fingerprint density at radius 1 is 0.285 bits per heavy atom. The molecule has 0 saturated carbocycles. The predicted octanol–water partition coefficient (Wildman–Crippen LogP) is 3.29. The van der Waals surface area contributed by atoms with Gasteiger partial charge in [0.2, 0.25) is 23.6 Å². The number of hydrogen-bond donors (Lipinski definition) is 6. The van der Waals surface area contributed by atoms with Gasteiger partial charge in [0.05, 0.1) is 45.9 Å². The molecule has 2 aliphatic rings. The molecule has 36 heteroatoms. The number of carboxylic acid groups (broad SMARTS) is 2. The van der Waals surface area contributed by atoms with Crippen LogP contribution in [0.25, 0.3) is 0 Å². The zero-order chi connectivity index (χ0) is 96.0. The van der Waals surface area contributed by atoms with E-state index < -0.39 is 11.9 Å². The molecule has 10 heterocycles. The van der Waals surface area contributed by atoms with Crippen LogP contribution in [0.2, 0.25) is 0 Å². The Labute approximate surface area is 841 Å².